The molecule has 6 nitrogen and oxygen atoms in total. The summed E-state index contributed by atoms with van der Waals surface area (Å²) in [4.78, 5) is 12.2. The van der Waals surface area contributed by atoms with E-state index in [2.05, 4.69) is 16.2 Å². The van der Waals surface area contributed by atoms with Crippen LogP contribution in [0.4, 0.5) is 0 Å². The Balaban J connectivity index is 1.43. The van der Waals surface area contributed by atoms with Gasteiger partial charge >= 0.3 is 0 Å². The number of carbonyl (C=O) groups is 1. The molecule has 1 atom stereocenters. The second-order valence-corrected chi connectivity index (χ2v) is 6.53. The number of fused-ring (bicyclic) bond motifs is 1. The molecule has 0 saturated heterocycles. The lowest BCUT2D eigenvalue weighted by molar-refractivity contribution is 0.0382. The fourth-order valence-electron chi connectivity index (χ4n) is 3.12. The highest BCUT2D eigenvalue weighted by molar-refractivity contribution is 5.92. The van der Waals surface area contributed by atoms with Gasteiger partial charge < -0.3 is 14.6 Å². The minimum Gasteiger partial charge on any atom is -0.370 e. The first-order valence-electron chi connectivity index (χ1n) is 8.28. The number of aromatic nitrogens is 3. The van der Waals surface area contributed by atoms with Gasteiger partial charge in [-0.1, -0.05) is 0 Å². The average molecular weight is 314 g/mol. The topological polar surface area (TPSA) is 61.1 Å². The molecule has 0 bridgehead atoms. The lowest BCUT2D eigenvalue weighted by Crippen LogP contribution is -2.32. The van der Waals surface area contributed by atoms with E-state index in [-0.39, 0.29) is 12.0 Å². The molecule has 3 heterocycles. The standard InChI is InChI=1S/C17H22N4O2/c1-20-7-2-3-14(20)17(22)18-9-15-16-13(6-8-23-15)11-21(19-16)10-12-4-5-12/h2-3,7,11-12,15H,4-6,8-10H2,1H3,(H,18,22)/t15-/m1/s1. The molecule has 122 valence electrons. The van der Waals surface area contributed by atoms with Gasteiger partial charge in [0.1, 0.15) is 11.8 Å². The van der Waals surface area contributed by atoms with Crippen LogP contribution < -0.4 is 5.32 Å². The molecule has 1 N–H and O–H groups in total. The van der Waals surface area contributed by atoms with Crippen molar-refractivity contribution >= 4 is 5.91 Å². The van der Waals surface area contributed by atoms with E-state index >= 15 is 0 Å². The summed E-state index contributed by atoms with van der Waals surface area (Å²) in [5.41, 5.74) is 2.90. The van der Waals surface area contributed by atoms with Gasteiger partial charge in [-0.05, 0) is 42.9 Å². The van der Waals surface area contributed by atoms with Crippen LogP contribution in [-0.2, 0) is 24.8 Å². The Morgan fingerprint density at radius 2 is 2.35 bits per heavy atom. The lowest BCUT2D eigenvalue weighted by atomic mass is 10.1. The second kappa shape index (κ2) is 5.85. The average Bonchev–Trinajstić information content (AvgIpc) is 3.08. The van der Waals surface area contributed by atoms with Crippen LogP contribution in [0.25, 0.3) is 0 Å². The monoisotopic (exact) mass is 314 g/mol. The van der Waals surface area contributed by atoms with Crippen molar-refractivity contribution in [2.75, 3.05) is 13.2 Å². The predicted octanol–water partition coefficient (Wildman–Crippen LogP) is 1.68. The number of carbonyl (C=O) groups excluding carboxylic acids is 1. The van der Waals surface area contributed by atoms with Gasteiger partial charge in [0.15, 0.2) is 0 Å². The molecule has 1 saturated carbocycles. The summed E-state index contributed by atoms with van der Waals surface area (Å²) < 4.78 is 9.71. The Morgan fingerprint density at radius 1 is 1.48 bits per heavy atom. The number of hydrogen-bond acceptors (Lipinski definition) is 3. The molecule has 4 rings (SSSR count). The summed E-state index contributed by atoms with van der Waals surface area (Å²) in [7, 11) is 1.86. The number of aryl methyl sites for hydroxylation is 1. The molecular formula is C17H22N4O2. The van der Waals surface area contributed by atoms with Crippen LogP contribution in [-0.4, -0.2) is 33.4 Å². The molecule has 1 aliphatic heterocycles. The Kier molecular flexibility index (Phi) is 3.69. The molecule has 1 fully saturated rings. The van der Waals surface area contributed by atoms with Gasteiger partial charge in [0, 0.05) is 32.5 Å². The van der Waals surface area contributed by atoms with Crippen molar-refractivity contribution in [2.45, 2.75) is 31.9 Å². The van der Waals surface area contributed by atoms with Crippen molar-refractivity contribution in [1.82, 2.24) is 19.7 Å². The highest BCUT2D eigenvalue weighted by atomic mass is 16.5. The van der Waals surface area contributed by atoms with Gasteiger partial charge in [0.05, 0.1) is 12.3 Å². The molecular weight excluding hydrogens is 292 g/mol. The molecule has 0 unspecified atom stereocenters. The fourth-order valence-corrected chi connectivity index (χ4v) is 3.12. The highest BCUT2D eigenvalue weighted by Gasteiger charge is 2.27. The number of nitrogens with zero attached hydrogens (tertiary/aromatic N) is 3. The van der Waals surface area contributed by atoms with E-state index in [0.29, 0.717) is 18.8 Å². The van der Waals surface area contributed by atoms with Gasteiger partial charge in [0.25, 0.3) is 5.91 Å². The van der Waals surface area contributed by atoms with Crippen molar-refractivity contribution in [3.63, 3.8) is 0 Å². The van der Waals surface area contributed by atoms with Crippen LogP contribution in [0, 0.1) is 5.92 Å². The van der Waals surface area contributed by atoms with Gasteiger partial charge in [-0.2, -0.15) is 5.10 Å². The molecule has 0 radical (unpaired) electrons. The van der Waals surface area contributed by atoms with Crippen molar-refractivity contribution in [1.29, 1.82) is 0 Å². The van der Waals surface area contributed by atoms with Crippen molar-refractivity contribution < 1.29 is 9.53 Å². The van der Waals surface area contributed by atoms with Gasteiger partial charge in [-0.3, -0.25) is 9.48 Å². The Hall–Kier alpha value is -2.08. The fraction of sp³-hybridized carbons (Fsp3) is 0.529. The summed E-state index contributed by atoms with van der Waals surface area (Å²) in [5.74, 6) is 0.721. The van der Waals surface area contributed by atoms with E-state index in [4.69, 9.17) is 9.84 Å². The second-order valence-electron chi connectivity index (χ2n) is 6.53. The SMILES string of the molecule is Cn1cccc1C(=O)NC[C@H]1OCCc2cn(CC3CC3)nc21. The lowest BCUT2D eigenvalue weighted by Gasteiger charge is -2.22. The van der Waals surface area contributed by atoms with Crippen molar-refractivity contribution in [3.05, 3.63) is 41.5 Å². The number of ether oxygens (including phenoxy) is 1. The zero-order valence-corrected chi connectivity index (χ0v) is 13.4. The number of amides is 1. The molecule has 1 amide bonds. The molecule has 0 aromatic carbocycles. The maximum Gasteiger partial charge on any atom is 0.267 e. The predicted molar refractivity (Wildman–Crippen MR) is 85.1 cm³/mol. The number of nitrogens with one attached hydrogen (secondary N) is 1. The van der Waals surface area contributed by atoms with Gasteiger partial charge in [-0.15, -0.1) is 0 Å². The van der Waals surface area contributed by atoms with Crippen LogP contribution in [0.3, 0.4) is 0 Å². The van der Waals surface area contributed by atoms with Crippen LogP contribution in [0.15, 0.2) is 24.5 Å². The maximum atomic E-state index is 12.2. The molecule has 1 aliphatic carbocycles. The molecule has 0 spiro atoms. The van der Waals surface area contributed by atoms with Crippen molar-refractivity contribution in [3.8, 4) is 0 Å². The Labute approximate surface area is 135 Å². The summed E-state index contributed by atoms with van der Waals surface area (Å²) in [6.45, 7) is 2.15. The largest absolute Gasteiger partial charge is 0.370 e. The third kappa shape index (κ3) is 3.03. The van der Waals surface area contributed by atoms with E-state index in [9.17, 15) is 4.79 Å². The third-order valence-electron chi connectivity index (χ3n) is 4.63. The zero-order valence-electron chi connectivity index (χ0n) is 13.4. The molecule has 6 heteroatoms. The number of rotatable bonds is 5. The normalized spacial score (nSPS) is 20.3. The van der Waals surface area contributed by atoms with Crippen LogP contribution in [0.2, 0.25) is 0 Å². The van der Waals surface area contributed by atoms with Crippen LogP contribution in [0.1, 0.15) is 40.7 Å². The number of hydrogen-bond donors (Lipinski definition) is 1. The van der Waals surface area contributed by atoms with E-state index in [1.165, 1.54) is 18.4 Å². The molecule has 2 aromatic heterocycles. The Bertz CT molecular complexity index is 714. The van der Waals surface area contributed by atoms with E-state index in [0.717, 1.165) is 24.6 Å². The van der Waals surface area contributed by atoms with E-state index in [1.54, 1.807) is 0 Å². The first-order valence-corrected chi connectivity index (χ1v) is 8.28. The van der Waals surface area contributed by atoms with Crippen LogP contribution in [0.5, 0.6) is 0 Å². The minimum atomic E-state index is -0.150. The van der Waals surface area contributed by atoms with Crippen LogP contribution >= 0.6 is 0 Å². The zero-order chi connectivity index (χ0) is 15.8. The first-order chi connectivity index (χ1) is 11.2. The first kappa shape index (κ1) is 14.5. The highest BCUT2D eigenvalue weighted by Crippen LogP contribution is 2.32. The summed E-state index contributed by atoms with van der Waals surface area (Å²) >= 11 is 0. The summed E-state index contributed by atoms with van der Waals surface area (Å²) in [6, 6.07) is 3.68. The maximum absolute atomic E-state index is 12.2. The summed E-state index contributed by atoms with van der Waals surface area (Å²) in [5, 5.41) is 7.67. The molecule has 2 aromatic rings. The molecule has 2 aliphatic rings. The third-order valence-corrected chi connectivity index (χ3v) is 4.63. The quantitative estimate of drug-likeness (QED) is 0.913. The minimum absolute atomic E-state index is 0.0781. The summed E-state index contributed by atoms with van der Waals surface area (Å²) in [6.07, 6.45) is 7.41. The van der Waals surface area contributed by atoms with Crippen molar-refractivity contribution in [2.24, 2.45) is 13.0 Å². The Morgan fingerprint density at radius 3 is 3.09 bits per heavy atom. The molecule has 23 heavy (non-hydrogen) atoms. The van der Waals surface area contributed by atoms with Gasteiger partial charge in [0.2, 0.25) is 0 Å². The van der Waals surface area contributed by atoms with Gasteiger partial charge in [-0.25, -0.2) is 0 Å². The van der Waals surface area contributed by atoms with E-state index in [1.807, 2.05) is 29.9 Å². The van der Waals surface area contributed by atoms with E-state index < -0.39 is 0 Å². The smallest absolute Gasteiger partial charge is 0.267 e.